The number of hydrogen-bond donors (Lipinski definition) is 3. The molecule has 1 saturated heterocycles. The van der Waals surface area contributed by atoms with Crippen molar-refractivity contribution in [3.63, 3.8) is 0 Å². The average molecular weight is 1050 g/mol. The fourth-order valence-electron chi connectivity index (χ4n) is 8.51. The Kier molecular flexibility index (Phi) is 46.6. The van der Waals surface area contributed by atoms with Crippen LogP contribution in [-0.2, 0) is 42.9 Å². The lowest BCUT2D eigenvalue weighted by atomic mass is 9.98. The van der Waals surface area contributed by atoms with Gasteiger partial charge in [0.05, 0.1) is 6.61 Å². The van der Waals surface area contributed by atoms with Gasteiger partial charge in [-0.25, -0.2) is 4.79 Å². The van der Waals surface area contributed by atoms with Gasteiger partial charge in [-0.2, -0.15) is 0 Å². The minimum atomic E-state index is -1.92. The van der Waals surface area contributed by atoms with Crippen LogP contribution < -0.4 is 0 Å². The number of allylic oxidation sites excluding steroid dienone is 14. The lowest BCUT2D eigenvalue weighted by molar-refractivity contribution is -0.301. The highest BCUT2D eigenvalue weighted by Crippen LogP contribution is 2.26. The van der Waals surface area contributed by atoms with Gasteiger partial charge >= 0.3 is 23.9 Å². The van der Waals surface area contributed by atoms with Crippen molar-refractivity contribution in [3.05, 3.63) is 85.1 Å². The van der Waals surface area contributed by atoms with E-state index < -0.39 is 67.3 Å². The first-order valence-corrected chi connectivity index (χ1v) is 29.6. The Bertz CT molecular complexity index is 1630. The van der Waals surface area contributed by atoms with Crippen molar-refractivity contribution in [1.82, 2.24) is 0 Å². The molecule has 0 aromatic carbocycles. The highest BCUT2D eigenvalue weighted by molar-refractivity contribution is 5.74. The summed E-state index contributed by atoms with van der Waals surface area (Å²) in [4.78, 5) is 51.1. The minimum Gasteiger partial charge on any atom is -0.479 e. The fraction of sp³-hybridized carbons (Fsp3) is 0.714. The first kappa shape index (κ1) is 68.9. The Morgan fingerprint density at radius 3 is 1.33 bits per heavy atom. The van der Waals surface area contributed by atoms with Gasteiger partial charge in [-0.15, -0.1) is 0 Å². The predicted molar refractivity (Wildman–Crippen MR) is 303 cm³/mol. The summed E-state index contributed by atoms with van der Waals surface area (Å²) in [7, 11) is 0. The Labute approximate surface area is 454 Å². The zero-order valence-electron chi connectivity index (χ0n) is 47.0. The number of unbranched alkanes of at least 4 members (excludes halogenated alkanes) is 21. The van der Waals surface area contributed by atoms with Gasteiger partial charge in [-0.05, 0) is 77.0 Å². The lowest BCUT2D eigenvalue weighted by Crippen LogP contribution is -2.61. The third kappa shape index (κ3) is 40.8. The molecule has 0 spiro atoms. The summed E-state index contributed by atoms with van der Waals surface area (Å²) in [6.07, 6.45) is 52.9. The first-order chi connectivity index (χ1) is 36.6. The van der Waals surface area contributed by atoms with Crippen LogP contribution in [0.2, 0.25) is 0 Å². The van der Waals surface area contributed by atoms with Crippen LogP contribution in [0.3, 0.4) is 0 Å². The molecule has 75 heavy (non-hydrogen) atoms. The molecule has 0 aromatic heterocycles. The molecule has 12 nitrogen and oxygen atoms in total. The third-order valence-electron chi connectivity index (χ3n) is 13.0. The van der Waals surface area contributed by atoms with Crippen LogP contribution in [-0.4, -0.2) is 89.2 Å². The van der Waals surface area contributed by atoms with Crippen LogP contribution in [0.1, 0.15) is 239 Å². The second kappa shape index (κ2) is 50.7. The van der Waals surface area contributed by atoms with Crippen LogP contribution in [0.5, 0.6) is 0 Å². The quantitative estimate of drug-likeness (QED) is 0.0228. The van der Waals surface area contributed by atoms with Gasteiger partial charge in [0.1, 0.15) is 18.8 Å². The standard InChI is InChI=1S/C63H104O12/c1-4-7-10-13-16-19-22-25-27-28-30-32-34-37-40-43-46-49-55(64)71-52-54(73-56(65)50-47-44-41-38-35-31-24-21-18-15-12-9-6-3)53-72-63-61(59(68)58(67)60(75-63)62(69)70)74-57(66)51-48-45-42-39-36-33-29-26-23-20-17-14-11-8-5-2/h8-9,11-12,17-18,20-21,26,29,31,35,41,44,54,58-61,63,67-68H,4-7,10,13-16,19,22-25,27-28,30,32-34,36-40,42-43,45-53H2,1-3H3,(H,69,70)/b11-8-,12-9-,20-17-,21-18-,29-26-,35-31-,44-41-. The molecule has 428 valence electrons. The molecule has 1 aliphatic rings. The number of aliphatic carboxylic acids is 1. The molecule has 3 N–H and O–H groups in total. The van der Waals surface area contributed by atoms with Crippen molar-refractivity contribution in [2.24, 2.45) is 0 Å². The van der Waals surface area contributed by atoms with Crippen LogP contribution in [0, 0.1) is 0 Å². The maximum Gasteiger partial charge on any atom is 0.335 e. The van der Waals surface area contributed by atoms with E-state index in [1.165, 1.54) is 83.5 Å². The summed E-state index contributed by atoms with van der Waals surface area (Å²) in [5.41, 5.74) is 0. The molecular weight excluding hydrogens is 949 g/mol. The number of esters is 3. The number of carboxylic acid groups (broad SMARTS) is 1. The Morgan fingerprint density at radius 1 is 0.453 bits per heavy atom. The molecule has 1 fully saturated rings. The monoisotopic (exact) mass is 1050 g/mol. The van der Waals surface area contributed by atoms with Gasteiger partial charge in [0.25, 0.3) is 0 Å². The maximum atomic E-state index is 13.1. The van der Waals surface area contributed by atoms with Crippen molar-refractivity contribution in [2.75, 3.05) is 13.2 Å². The Hall–Kier alpha value is -4.10. The number of carbonyl (C=O) groups is 4. The number of rotatable bonds is 49. The molecule has 6 atom stereocenters. The molecule has 0 aliphatic carbocycles. The van der Waals surface area contributed by atoms with Gasteiger partial charge < -0.3 is 39.0 Å². The normalized spacial score (nSPS) is 18.8. The molecule has 1 heterocycles. The molecule has 0 radical (unpaired) electrons. The van der Waals surface area contributed by atoms with E-state index in [1.54, 1.807) is 0 Å². The minimum absolute atomic E-state index is 0.0307. The van der Waals surface area contributed by atoms with E-state index in [-0.39, 0.29) is 25.9 Å². The maximum absolute atomic E-state index is 13.1. The van der Waals surface area contributed by atoms with Gasteiger partial charge in [-0.3, -0.25) is 14.4 Å². The average Bonchev–Trinajstić information content (AvgIpc) is 3.39. The number of ether oxygens (including phenoxy) is 5. The van der Waals surface area contributed by atoms with Crippen molar-refractivity contribution >= 4 is 23.9 Å². The molecule has 0 bridgehead atoms. The van der Waals surface area contributed by atoms with Gasteiger partial charge in [0.15, 0.2) is 24.6 Å². The zero-order valence-corrected chi connectivity index (χ0v) is 47.0. The molecular formula is C63H104O12. The van der Waals surface area contributed by atoms with E-state index in [4.69, 9.17) is 23.7 Å². The molecule has 1 aliphatic heterocycles. The van der Waals surface area contributed by atoms with E-state index in [9.17, 15) is 34.5 Å². The molecule has 0 aromatic rings. The van der Waals surface area contributed by atoms with Gasteiger partial charge in [-0.1, -0.05) is 228 Å². The second-order valence-electron chi connectivity index (χ2n) is 19.9. The summed E-state index contributed by atoms with van der Waals surface area (Å²) in [6, 6.07) is 0. The molecule has 0 amide bonds. The van der Waals surface area contributed by atoms with Crippen LogP contribution in [0.15, 0.2) is 85.1 Å². The van der Waals surface area contributed by atoms with E-state index >= 15 is 0 Å². The predicted octanol–water partition coefficient (Wildman–Crippen LogP) is 15.1. The number of aliphatic hydroxyl groups excluding tert-OH is 2. The van der Waals surface area contributed by atoms with Gasteiger partial charge in [0.2, 0.25) is 0 Å². The van der Waals surface area contributed by atoms with E-state index in [0.717, 1.165) is 89.9 Å². The number of carboxylic acids is 1. The Balaban J connectivity index is 2.72. The highest BCUT2D eigenvalue weighted by atomic mass is 16.7. The molecule has 6 unspecified atom stereocenters. The van der Waals surface area contributed by atoms with Crippen molar-refractivity contribution in [1.29, 1.82) is 0 Å². The second-order valence-corrected chi connectivity index (χ2v) is 19.9. The van der Waals surface area contributed by atoms with E-state index in [1.807, 2.05) is 12.2 Å². The van der Waals surface area contributed by atoms with Crippen molar-refractivity contribution < 1.29 is 58.2 Å². The van der Waals surface area contributed by atoms with Crippen LogP contribution >= 0.6 is 0 Å². The van der Waals surface area contributed by atoms with Crippen molar-refractivity contribution in [2.45, 2.75) is 276 Å². The smallest absolute Gasteiger partial charge is 0.335 e. The third-order valence-corrected chi connectivity index (χ3v) is 13.0. The summed E-state index contributed by atoms with van der Waals surface area (Å²) >= 11 is 0. The van der Waals surface area contributed by atoms with Crippen molar-refractivity contribution in [3.8, 4) is 0 Å². The van der Waals surface area contributed by atoms with E-state index in [2.05, 4.69) is 93.7 Å². The largest absolute Gasteiger partial charge is 0.479 e. The number of aliphatic hydroxyl groups is 2. The molecule has 1 rings (SSSR count). The lowest BCUT2D eigenvalue weighted by Gasteiger charge is -2.40. The van der Waals surface area contributed by atoms with Crippen LogP contribution in [0.4, 0.5) is 0 Å². The summed E-state index contributed by atoms with van der Waals surface area (Å²) in [5, 5.41) is 31.5. The summed E-state index contributed by atoms with van der Waals surface area (Å²) < 4.78 is 28.3. The van der Waals surface area contributed by atoms with Gasteiger partial charge in [0, 0.05) is 19.3 Å². The topological polar surface area (TPSA) is 175 Å². The highest BCUT2D eigenvalue weighted by Gasteiger charge is 2.50. The zero-order chi connectivity index (χ0) is 54.7. The van der Waals surface area contributed by atoms with Crippen LogP contribution in [0.25, 0.3) is 0 Å². The molecule has 12 heteroatoms. The number of hydrogen-bond acceptors (Lipinski definition) is 11. The summed E-state index contributed by atoms with van der Waals surface area (Å²) in [5.74, 6) is -3.25. The SMILES string of the molecule is CC/C=C\C/C=C\C/C=C\C/C=C\CCC(=O)OC(COC(=O)CCCCCCCCCCCCCCCCCCC)COC1OC(C(=O)O)C(O)C(O)C1OC(=O)CCCCCCC/C=C\C/C=C\C/C=C\CC. The Morgan fingerprint density at radius 2 is 0.867 bits per heavy atom. The first-order valence-electron chi connectivity index (χ1n) is 29.6. The summed E-state index contributed by atoms with van der Waals surface area (Å²) in [6.45, 7) is 5.70. The fourth-order valence-corrected chi connectivity index (χ4v) is 8.51. The number of carbonyl (C=O) groups excluding carboxylic acids is 3. The van der Waals surface area contributed by atoms with E-state index in [0.29, 0.717) is 25.7 Å². The molecule has 0 saturated carbocycles.